The first-order valence-corrected chi connectivity index (χ1v) is 6.88. The molecule has 0 spiro atoms. The molecule has 2 rings (SSSR count). The predicted molar refractivity (Wildman–Crippen MR) is 80.3 cm³/mol. The van der Waals surface area contributed by atoms with Crippen LogP contribution in [0.15, 0.2) is 30.3 Å². The van der Waals surface area contributed by atoms with Gasteiger partial charge in [0.15, 0.2) is 0 Å². The van der Waals surface area contributed by atoms with Gasteiger partial charge in [-0.15, -0.1) is 0 Å². The van der Waals surface area contributed by atoms with Crippen LogP contribution in [0, 0.1) is 11.6 Å². The Bertz CT molecular complexity index is 664. The number of benzene rings is 2. The van der Waals surface area contributed by atoms with Crippen molar-refractivity contribution in [1.82, 2.24) is 5.32 Å². The van der Waals surface area contributed by atoms with E-state index in [2.05, 4.69) is 5.32 Å². The quantitative estimate of drug-likeness (QED) is 0.827. The fraction of sp³-hybridized carbons (Fsp3) is 0.200. The summed E-state index contributed by atoms with van der Waals surface area (Å²) >= 11 is 11.6. The SMILES string of the molecule is CNC(c1ccc(OC)c(Cl)c1)c1cc(F)c(Cl)cc1F. The summed E-state index contributed by atoms with van der Waals surface area (Å²) in [6, 6.07) is 6.54. The van der Waals surface area contributed by atoms with Crippen molar-refractivity contribution in [3.63, 3.8) is 0 Å². The summed E-state index contributed by atoms with van der Waals surface area (Å²) in [5.41, 5.74) is 0.838. The molecule has 6 heteroatoms. The van der Waals surface area contributed by atoms with Crippen LogP contribution in [0.3, 0.4) is 0 Å². The van der Waals surface area contributed by atoms with Crippen LogP contribution in [0.4, 0.5) is 8.78 Å². The molecule has 0 radical (unpaired) electrons. The summed E-state index contributed by atoms with van der Waals surface area (Å²) in [6.07, 6.45) is 0. The first-order valence-electron chi connectivity index (χ1n) is 6.13. The zero-order chi connectivity index (χ0) is 15.6. The molecular weight excluding hydrogens is 319 g/mol. The van der Waals surface area contributed by atoms with Crippen molar-refractivity contribution in [2.24, 2.45) is 0 Å². The minimum absolute atomic E-state index is 0.153. The highest BCUT2D eigenvalue weighted by Gasteiger charge is 2.19. The van der Waals surface area contributed by atoms with Crippen molar-refractivity contribution >= 4 is 23.2 Å². The Labute approximate surface area is 131 Å². The van der Waals surface area contributed by atoms with Crippen LogP contribution in [0.25, 0.3) is 0 Å². The molecule has 0 aliphatic rings. The van der Waals surface area contributed by atoms with Crippen molar-refractivity contribution in [2.75, 3.05) is 14.2 Å². The maximum Gasteiger partial charge on any atom is 0.142 e. The van der Waals surface area contributed by atoms with Crippen molar-refractivity contribution in [2.45, 2.75) is 6.04 Å². The number of rotatable bonds is 4. The summed E-state index contributed by atoms with van der Waals surface area (Å²) in [5, 5.41) is 3.08. The molecule has 1 unspecified atom stereocenters. The molecule has 2 aromatic rings. The molecule has 1 N–H and O–H groups in total. The molecule has 0 heterocycles. The zero-order valence-corrected chi connectivity index (χ0v) is 12.9. The van der Waals surface area contributed by atoms with Gasteiger partial charge in [0.25, 0.3) is 0 Å². The normalized spacial score (nSPS) is 12.3. The first-order chi connectivity index (χ1) is 9.97. The van der Waals surface area contributed by atoms with Crippen molar-refractivity contribution in [3.05, 3.63) is 63.1 Å². The standard InChI is InChI=1S/C15H13Cl2F2NO/c1-20-15(8-3-4-14(21-2)11(17)5-8)9-6-13(19)10(16)7-12(9)18/h3-7,15,20H,1-2H3. The number of methoxy groups -OCH3 is 1. The van der Waals surface area contributed by atoms with Gasteiger partial charge in [0.2, 0.25) is 0 Å². The average Bonchev–Trinajstić information content (AvgIpc) is 2.45. The van der Waals surface area contributed by atoms with E-state index >= 15 is 0 Å². The van der Waals surface area contributed by atoms with Gasteiger partial charge in [-0.05, 0) is 36.9 Å². The van der Waals surface area contributed by atoms with E-state index in [1.54, 1.807) is 25.2 Å². The number of halogens is 4. The lowest BCUT2D eigenvalue weighted by Gasteiger charge is -2.19. The third-order valence-corrected chi connectivity index (χ3v) is 3.73. The second kappa shape index (κ2) is 6.60. The van der Waals surface area contributed by atoms with E-state index in [4.69, 9.17) is 27.9 Å². The molecule has 112 valence electrons. The Morgan fingerprint density at radius 3 is 2.33 bits per heavy atom. The largest absolute Gasteiger partial charge is 0.495 e. The summed E-state index contributed by atoms with van der Waals surface area (Å²) in [5.74, 6) is -0.751. The molecule has 0 saturated carbocycles. The molecular formula is C15H13Cl2F2NO. The summed E-state index contributed by atoms with van der Waals surface area (Å²) < 4.78 is 32.7. The maximum atomic E-state index is 14.1. The van der Waals surface area contributed by atoms with E-state index in [0.29, 0.717) is 16.3 Å². The van der Waals surface area contributed by atoms with Crippen LogP contribution in [0.5, 0.6) is 5.75 Å². The third-order valence-electron chi connectivity index (χ3n) is 3.15. The van der Waals surface area contributed by atoms with Gasteiger partial charge in [-0.1, -0.05) is 29.3 Å². The zero-order valence-electron chi connectivity index (χ0n) is 11.4. The van der Waals surface area contributed by atoms with Gasteiger partial charge < -0.3 is 10.1 Å². The van der Waals surface area contributed by atoms with Crippen LogP contribution < -0.4 is 10.1 Å². The summed E-state index contributed by atoms with van der Waals surface area (Å²) in [6.45, 7) is 0. The van der Waals surface area contributed by atoms with Crippen LogP contribution in [-0.4, -0.2) is 14.2 Å². The lowest BCUT2D eigenvalue weighted by atomic mass is 9.98. The Balaban J connectivity index is 2.49. The molecule has 2 aromatic carbocycles. The average molecular weight is 332 g/mol. The first kappa shape index (κ1) is 16.0. The van der Waals surface area contributed by atoms with Gasteiger partial charge >= 0.3 is 0 Å². The Morgan fingerprint density at radius 1 is 1.05 bits per heavy atom. The molecule has 0 bridgehead atoms. The lowest BCUT2D eigenvalue weighted by Crippen LogP contribution is -2.19. The van der Waals surface area contributed by atoms with Gasteiger partial charge in [0.1, 0.15) is 17.4 Å². The van der Waals surface area contributed by atoms with Crippen molar-refractivity contribution < 1.29 is 13.5 Å². The van der Waals surface area contributed by atoms with Gasteiger partial charge in [-0.2, -0.15) is 0 Å². The number of ether oxygens (including phenoxy) is 1. The molecule has 0 aliphatic heterocycles. The van der Waals surface area contributed by atoms with E-state index in [-0.39, 0.29) is 10.6 Å². The molecule has 0 saturated heterocycles. The molecule has 21 heavy (non-hydrogen) atoms. The molecule has 0 aliphatic carbocycles. The Hall–Kier alpha value is -1.36. The van der Waals surface area contributed by atoms with Crippen LogP contribution in [0.2, 0.25) is 10.0 Å². The summed E-state index contributed by atoms with van der Waals surface area (Å²) in [7, 11) is 3.15. The highest BCUT2D eigenvalue weighted by atomic mass is 35.5. The second-order valence-electron chi connectivity index (χ2n) is 4.40. The van der Waals surface area contributed by atoms with Gasteiger partial charge in [0.05, 0.1) is 23.2 Å². The van der Waals surface area contributed by atoms with E-state index < -0.39 is 17.7 Å². The minimum atomic E-state index is -0.673. The molecule has 2 nitrogen and oxygen atoms in total. The number of hydrogen-bond acceptors (Lipinski definition) is 2. The van der Waals surface area contributed by atoms with E-state index in [9.17, 15) is 8.78 Å². The molecule has 1 atom stereocenters. The minimum Gasteiger partial charge on any atom is -0.495 e. The summed E-state index contributed by atoms with van der Waals surface area (Å²) in [4.78, 5) is 0. The second-order valence-corrected chi connectivity index (χ2v) is 5.22. The monoisotopic (exact) mass is 331 g/mol. The Kier molecular flexibility index (Phi) is 5.04. The molecule has 0 amide bonds. The highest BCUT2D eigenvalue weighted by Crippen LogP contribution is 2.32. The number of hydrogen-bond donors (Lipinski definition) is 1. The third kappa shape index (κ3) is 3.28. The van der Waals surface area contributed by atoms with Gasteiger partial charge in [0, 0.05) is 5.56 Å². The number of nitrogens with one attached hydrogen (secondary N) is 1. The maximum absolute atomic E-state index is 14.1. The lowest BCUT2D eigenvalue weighted by molar-refractivity contribution is 0.414. The molecule has 0 aromatic heterocycles. The van der Waals surface area contributed by atoms with Crippen LogP contribution in [0.1, 0.15) is 17.2 Å². The van der Waals surface area contributed by atoms with E-state index in [0.717, 1.165) is 12.1 Å². The van der Waals surface area contributed by atoms with Crippen LogP contribution >= 0.6 is 23.2 Å². The van der Waals surface area contributed by atoms with Crippen molar-refractivity contribution in [3.8, 4) is 5.75 Å². The molecule has 0 fully saturated rings. The van der Waals surface area contributed by atoms with Crippen LogP contribution in [-0.2, 0) is 0 Å². The van der Waals surface area contributed by atoms with E-state index in [1.807, 2.05) is 0 Å². The van der Waals surface area contributed by atoms with E-state index in [1.165, 1.54) is 7.11 Å². The fourth-order valence-electron chi connectivity index (χ4n) is 2.12. The topological polar surface area (TPSA) is 21.3 Å². The smallest absolute Gasteiger partial charge is 0.142 e. The van der Waals surface area contributed by atoms with Gasteiger partial charge in [-0.25, -0.2) is 8.78 Å². The predicted octanol–water partition coefficient (Wildman–Crippen LogP) is 4.59. The van der Waals surface area contributed by atoms with Gasteiger partial charge in [-0.3, -0.25) is 0 Å². The fourth-order valence-corrected chi connectivity index (χ4v) is 2.54. The highest BCUT2D eigenvalue weighted by molar-refractivity contribution is 6.32. The Morgan fingerprint density at radius 2 is 1.76 bits per heavy atom. The van der Waals surface area contributed by atoms with Crippen molar-refractivity contribution in [1.29, 1.82) is 0 Å².